The standard InChI is InChI=1S/C17H14N2O5S/c1-24-13-5-3-12(4-6-13)18-19-17-15-8-7-14(25(21,22)23)10-11(15)2-9-16(17)20/h2-10,20H,1H3,(H,21,22,23)/b19-18+. The molecule has 2 N–H and O–H groups in total. The van der Waals surface area contributed by atoms with Gasteiger partial charge in [0.25, 0.3) is 10.1 Å². The summed E-state index contributed by atoms with van der Waals surface area (Å²) in [4.78, 5) is -0.233. The minimum Gasteiger partial charge on any atom is -0.506 e. The lowest BCUT2D eigenvalue weighted by Gasteiger charge is -2.05. The van der Waals surface area contributed by atoms with Crippen molar-refractivity contribution < 1.29 is 22.8 Å². The molecular formula is C17H14N2O5S. The largest absolute Gasteiger partial charge is 0.506 e. The van der Waals surface area contributed by atoms with Crippen LogP contribution in [0.5, 0.6) is 11.5 Å². The number of fused-ring (bicyclic) bond motifs is 1. The topological polar surface area (TPSA) is 109 Å². The molecule has 128 valence electrons. The van der Waals surface area contributed by atoms with Crippen molar-refractivity contribution in [2.45, 2.75) is 4.90 Å². The lowest BCUT2D eigenvalue weighted by Crippen LogP contribution is -1.97. The molecule has 3 aromatic rings. The van der Waals surface area contributed by atoms with Crippen molar-refractivity contribution in [1.29, 1.82) is 0 Å². The maximum Gasteiger partial charge on any atom is 0.294 e. The number of ether oxygens (including phenoxy) is 1. The molecule has 0 unspecified atom stereocenters. The number of aromatic hydroxyl groups is 1. The molecule has 0 saturated carbocycles. The van der Waals surface area contributed by atoms with Crippen molar-refractivity contribution in [2.24, 2.45) is 10.2 Å². The molecule has 0 aliphatic rings. The van der Waals surface area contributed by atoms with Crippen molar-refractivity contribution in [2.75, 3.05) is 7.11 Å². The second kappa shape index (κ2) is 6.50. The second-order valence-corrected chi connectivity index (χ2v) is 6.61. The predicted octanol–water partition coefficient (Wildman–Crippen LogP) is 4.22. The maximum atomic E-state index is 11.2. The van der Waals surface area contributed by atoms with E-state index in [4.69, 9.17) is 9.29 Å². The van der Waals surface area contributed by atoms with E-state index in [1.165, 1.54) is 30.3 Å². The van der Waals surface area contributed by atoms with Crippen LogP contribution in [0.2, 0.25) is 0 Å². The van der Waals surface area contributed by atoms with Crippen LogP contribution in [0.1, 0.15) is 0 Å². The Kier molecular flexibility index (Phi) is 4.39. The molecule has 0 bridgehead atoms. The number of hydrogen-bond donors (Lipinski definition) is 2. The summed E-state index contributed by atoms with van der Waals surface area (Å²) in [7, 11) is -2.75. The number of nitrogens with zero attached hydrogens (tertiary/aromatic N) is 2. The monoisotopic (exact) mass is 358 g/mol. The molecule has 0 spiro atoms. The van der Waals surface area contributed by atoms with E-state index < -0.39 is 10.1 Å². The van der Waals surface area contributed by atoms with Gasteiger partial charge in [-0.1, -0.05) is 12.1 Å². The zero-order chi connectivity index (χ0) is 18.0. The molecule has 3 aromatic carbocycles. The Hall–Kier alpha value is -2.97. The lowest BCUT2D eigenvalue weighted by molar-refractivity contribution is 0.415. The van der Waals surface area contributed by atoms with E-state index in [2.05, 4.69) is 10.2 Å². The molecule has 0 heterocycles. The number of phenolic OH excluding ortho intramolecular Hbond substituents is 1. The molecule has 3 rings (SSSR count). The van der Waals surface area contributed by atoms with Crippen LogP contribution in [0.25, 0.3) is 10.8 Å². The number of rotatable bonds is 4. The molecule has 0 radical (unpaired) electrons. The zero-order valence-electron chi connectivity index (χ0n) is 13.1. The van der Waals surface area contributed by atoms with Gasteiger partial charge in [0, 0.05) is 5.39 Å². The van der Waals surface area contributed by atoms with Crippen molar-refractivity contribution in [1.82, 2.24) is 0 Å². The average Bonchev–Trinajstić information content (AvgIpc) is 2.60. The van der Waals surface area contributed by atoms with E-state index in [0.717, 1.165) is 0 Å². The third-order valence-corrected chi connectivity index (χ3v) is 4.43. The Labute approximate surface area is 144 Å². The minimum absolute atomic E-state index is 0.0932. The number of phenols is 1. The van der Waals surface area contributed by atoms with Gasteiger partial charge in [-0.2, -0.15) is 13.5 Å². The molecule has 0 amide bonds. The van der Waals surface area contributed by atoms with Crippen molar-refractivity contribution >= 4 is 32.3 Å². The smallest absolute Gasteiger partial charge is 0.294 e. The van der Waals surface area contributed by atoms with Crippen LogP contribution >= 0.6 is 0 Å². The molecule has 25 heavy (non-hydrogen) atoms. The van der Waals surface area contributed by atoms with Crippen LogP contribution in [0.3, 0.4) is 0 Å². The highest BCUT2D eigenvalue weighted by Gasteiger charge is 2.13. The quantitative estimate of drug-likeness (QED) is 0.536. The molecule has 0 aliphatic carbocycles. The van der Waals surface area contributed by atoms with E-state index in [1.54, 1.807) is 31.4 Å². The van der Waals surface area contributed by atoms with Gasteiger partial charge >= 0.3 is 0 Å². The van der Waals surface area contributed by atoms with Gasteiger partial charge in [0.15, 0.2) is 0 Å². The van der Waals surface area contributed by atoms with Crippen LogP contribution in [-0.2, 0) is 10.1 Å². The first-order valence-electron chi connectivity index (χ1n) is 7.17. The molecule has 8 heteroatoms. The van der Waals surface area contributed by atoms with Crippen LogP contribution in [0, 0.1) is 0 Å². The summed E-state index contributed by atoms with van der Waals surface area (Å²) >= 11 is 0. The SMILES string of the molecule is COc1ccc(/N=N/c2c(O)ccc3cc(S(=O)(=O)O)ccc23)cc1. The average molecular weight is 358 g/mol. The molecule has 0 fully saturated rings. The van der Waals surface area contributed by atoms with Gasteiger partial charge in [0.05, 0.1) is 17.7 Å². The Balaban J connectivity index is 2.05. The molecule has 7 nitrogen and oxygen atoms in total. The highest BCUT2D eigenvalue weighted by atomic mass is 32.2. The molecule has 0 aromatic heterocycles. The van der Waals surface area contributed by atoms with Gasteiger partial charge in [-0.25, -0.2) is 0 Å². The lowest BCUT2D eigenvalue weighted by atomic mass is 10.1. The normalized spacial score (nSPS) is 11.9. The maximum absolute atomic E-state index is 11.2. The first kappa shape index (κ1) is 16.9. The van der Waals surface area contributed by atoms with Gasteiger partial charge in [-0.15, -0.1) is 5.11 Å². The summed E-state index contributed by atoms with van der Waals surface area (Å²) in [5, 5.41) is 19.2. The van der Waals surface area contributed by atoms with Crippen molar-refractivity contribution in [3.63, 3.8) is 0 Å². The van der Waals surface area contributed by atoms with E-state index in [1.807, 2.05) is 0 Å². The Morgan fingerprint density at radius 3 is 2.32 bits per heavy atom. The summed E-state index contributed by atoms with van der Waals surface area (Å²) in [6.45, 7) is 0. The summed E-state index contributed by atoms with van der Waals surface area (Å²) in [6, 6.07) is 13.8. The van der Waals surface area contributed by atoms with Gasteiger partial charge in [-0.05, 0) is 47.9 Å². The third kappa shape index (κ3) is 3.59. The summed E-state index contributed by atoms with van der Waals surface area (Å²) < 4.78 is 36.7. The van der Waals surface area contributed by atoms with Gasteiger partial charge in [0.2, 0.25) is 0 Å². The van der Waals surface area contributed by atoms with E-state index >= 15 is 0 Å². The summed E-state index contributed by atoms with van der Waals surface area (Å²) in [6.07, 6.45) is 0. The first-order chi connectivity index (χ1) is 11.9. The second-order valence-electron chi connectivity index (χ2n) is 5.19. The first-order valence-corrected chi connectivity index (χ1v) is 8.61. The van der Waals surface area contributed by atoms with Gasteiger partial charge in [0.1, 0.15) is 17.2 Å². The van der Waals surface area contributed by atoms with Gasteiger partial charge < -0.3 is 9.84 Å². The van der Waals surface area contributed by atoms with Crippen LogP contribution in [-0.4, -0.2) is 25.2 Å². The van der Waals surface area contributed by atoms with Crippen molar-refractivity contribution in [3.05, 3.63) is 54.6 Å². The Morgan fingerprint density at radius 2 is 1.68 bits per heavy atom. The summed E-state index contributed by atoms with van der Waals surface area (Å²) in [5.41, 5.74) is 0.766. The minimum atomic E-state index is -4.31. The fourth-order valence-electron chi connectivity index (χ4n) is 2.30. The number of azo groups is 1. The van der Waals surface area contributed by atoms with Gasteiger partial charge in [-0.3, -0.25) is 4.55 Å². The van der Waals surface area contributed by atoms with E-state index in [-0.39, 0.29) is 16.3 Å². The Bertz CT molecular complexity index is 1060. The number of hydrogen-bond acceptors (Lipinski definition) is 6. The molecule has 0 aliphatic heterocycles. The Morgan fingerprint density at radius 1 is 0.960 bits per heavy atom. The van der Waals surface area contributed by atoms with Crippen LogP contribution < -0.4 is 4.74 Å². The van der Waals surface area contributed by atoms with E-state index in [0.29, 0.717) is 22.2 Å². The molecule has 0 saturated heterocycles. The highest BCUT2D eigenvalue weighted by Crippen LogP contribution is 2.37. The van der Waals surface area contributed by atoms with Crippen molar-refractivity contribution in [3.8, 4) is 11.5 Å². The zero-order valence-corrected chi connectivity index (χ0v) is 13.9. The molecule has 0 atom stereocenters. The van der Waals surface area contributed by atoms with E-state index in [9.17, 15) is 13.5 Å². The number of methoxy groups -OCH3 is 1. The number of benzene rings is 3. The fraction of sp³-hybridized carbons (Fsp3) is 0.0588. The summed E-state index contributed by atoms with van der Waals surface area (Å²) in [5.74, 6) is 0.592. The van der Waals surface area contributed by atoms with Crippen LogP contribution in [0.4, 0.5) is 11.4 Å². The highest BCUT2D eigenvalue weighted by molar-refractivity contribution is 7.85. The fourth-order valence-corrected chi connectivity index (χ4v) is 2.82. The van der Waals surface area contributed by atoms with Crippen LogP contribution in [0.15, 0.2) is 69.7 Å². The predicted molar refractivity (Wildman–Crippen MR) is 92.6 cm³/mol. The molecular weight excluding hydrogens is 344 g/mol. The third-order valence-electron chi connectivity index (χ3n) is 3.58.